The predicted octanol–water partition coefficient (Wildman–Crippen LogP) is 1.20. The van der Waals surface area contributed by atoms with Crippen LogP contribution in [0.1, 0.15) is 31.4 Å². The summed E-state index contributed by atoms with van der Waals surface area (Å²) in [5.74, 6) is 0.518. The van der Waals surface area contributed by atoms with Crippen molar-refractivity contribution in [3.05, 3.63) is 29.4 Å². The molecular formula is C10H14N4O2. The third-order valence-corrected chi connectivity index (χ3v) is 2.73. The van der Waals surface area contributed by atoms with Crippen molar-refractivity contribution < 1.29 is 9.26 Å². The molecule has 1 unspecified atom stereocenters. The number of hydrogen-bond acceptors (Lipinski definition) is 4. The molecule has 0 aromatic carbocycles. The second-order valence-corrected chi connectivity index (χ2v) is 3.79. The summed E-state index contributed by atoms with van der Waals surface area (Å²) in [7, 11) is 0. The summed E-state index contributed by atoms with van der Waals surface area (Å²) in [6.45, 7) is 1.84. The first-order valence-corrected chi connectivity index (χ1v) is 5.08. The van der Waals surface area contributed by atoms with Crippen LogP contribution in [0.5, 0.6) is 0 Å². The number of nitrogens with one attached hydrogen (secondary N) is 1. The molecule has 0 amide bonds. The molecule has 0 spiro atoms. The van der Waals surface area contributed by atoms with Crippen LogP contribution in [-0.4, -0.2) is 21.5 Å². The molecule has 6 nitrogen and oxygen atoms in total. The highest BCUT2D eigenvalue weighted by atomic mass is 16.5. The third-order valence-electron chi connectivity index (χ3n) is 2.73. The number of hydrazine groups is 1. The van der Waals surface area contributed by atoms with Crippen molar-refractivity contribution in [1.82, 2.24) is 5.01 Å². The van der Waals surface area contributed by atoms with Gasteiger partial charge in [-0.3, -0.25) is 11.1 Å². The number of rotatable bonds is 2. The summed E-state index contributed by atoms with van der Waals surface area (Å²) < 4.78 is 4.97. The standard InChI is InChI=1S/C10H14N4O2/c1-7(8-4-5-16-6-8)13-9(11)2-3-10(12)14(13)15/h4-7,11H,2-3,12H2,1H3. The molecule has 0 fully saturated rings. The van der Waals surface area contributed by atoms with Crippen LogP contribution in [0, 0.1) is 10.6 Å². The van der Waals surface area contributed by atoms with E-state index in [4.69, 9.17) is 15.6 Å². The van der Waals surface area contributed by atoms with Crippen molar-refractivity contribution in [2.75, 3.05) is 0 Å². The van der Waals surface area contributed by atoms with E-state index in [0.29, 0.717) is 17.7 Å². The van der Waals surface area contributed by atoms with Gasteiger partial charge in [0.1, 0.15) is 5.84 Å². The second-order valence-electron chi connectivity index (χ2n) is 3.79. The Morgan fingerprint density at radius 1 is 1.62 bits per heavy atom. The van der Waals surface area contributed by atoms with E-state index in [1.807, 2.05) is 6.92 Å². The molecule has 6 heteroatoms. The van der Waals surface area contributed by atoms with E-state index in [-0.39, 0.29) is 17.7 Å². The van der Waals surface area contributed by atoms with Gasteiger partial charge in [-0.05, 0) is 13.0 Å². The Morgan fingerprint density at radius 3 is 3.00 bits per heavy atom. The number of hydrogen-bond donors (Lipinski definition) is 2. The lowest BCUT2D eigenvalue weighted by molar-refractivity contribution is -0.625. The van der Waals surface area contributed by atoms with E-state index < -0.39 is 0 Å². The minimum absolute atomic E-state index is 0.242. The van der Waals surface area contributed by atoms with E-state index in [9.17, 15) is 5.21 Å². The van der Waals surface area contributed by atoms with Gasteiger partial charge in [0.15, 0.2) is 0 Å². The van der Waals surface area contributed by atoms with E-state index in [0.717, 1.165) is 5.56 Å². The van der Waals surface area contributed by atoms with Crippen molar-refractivity contribution in [3.63, 3.8) is 0 Å². The van der Waals surface area contributed by atoms with Crippen molar-refractivity contribution >= 4 is 11.7 Å². The molecule has 0 saturated carbocycles. The van der Waals surface area contributed by atoms with Gasteiger partial charge in [0.2, 0.25) is 0 Å². The molecule has 3 N–H and O–H groups in total. The molecular weight excluding hydrogens is 208 g/mol. The Morgan fingerprint density at radius 2 is 2.38 bits per heavy atom. The fourth-order valence-corrected chi connectivity index (χ4v) is 1.75. The Kier molecular flexibility index (Phi) is 2.55. The first kappa shape index (κ1) is 10.5. The first-order chi connectivity index (χ1) is 7.61. The molecule has 1 aliphatic rings. The Labute approximate surface area is 93.0 Å². The number of nitrogens with two attached hydrogens (primary N) is 1. The predicted molar refractivity (Wildman–Crippen MR) is 58.7 cm³/mol. The lowest BCUT2D eigenvalue weighted by Crippen LogP contribution is -2.47. The quantitative estimate of drug-likeness (QED) is 0.580. The van der Waals surface area contributed by atoms with Gasteiger partial charge in [0, 0.05) is 12.0 Å². The van der Waals surface area contributed by atoms with Crippen molar-refractivity contribution in [3.8, 4) is 0 Å². The van der Waals surface area contributed by atoms with Crippen molar-refractivity contribution in [1.29, 1.82) is 5.41 Å². The second kappa shape index (κ2) is 3.88. The molecule has 0 bridgehead atoms. The molecule has 0 saturated heterocycles. The summed E-state index contributed by atoms with van der Waals surface area (Å²) in [6, 6.07) is 1.53. The fourth-order valence-electron chi connectivity index (χ4n) is 1.75. The zero-order valence-corrected chi connectivity index (χ0v) is 9.01. The zero-order valence-electron chi connectivity index (χ0n) is 9.01. The van der Waals surface area contributed by atoms with Crippen LogP contribution in [-0.2, 0) is 0 Å². The van der Waals surface area contributed by atoms with Crippen LogP contribution in [0.2, 0.25) is 0 Å². The summed E-state index contributed by atoms with van der Waals surface area (Å²) in [5, 5.41) is 20.9. The maximum Gasteiger partial charge on any atom is 0.270 e. The molecule has 0 aliphatic carbocycles. The van der Waals surface area contributed by atoms with Gasteiger partial charge in [-0.1, -0.05) is 0 Å². The Balaban J connectivity index is 2.32. The molecule has 16 heavy (non-hydrogen) atoms. The highest BCUT2D eigenvalue weighted by molar-refractivity contribution is 5.87. The van der Waals surface area contributed by atoms with E-state index >= 15 is 0 Å². The molecule has 2 heterocycles. The normalized spacial score (nSPS) is 19.1. The summed E-state index contributed by atoms with van der Waals surface area (Å²) in [6.07, 6.45) is 4.04. The lowest BCUT2D eigenvalue weighted by atomic mass is 10.1. The molecule has 86 valence electrons. The van der Waals surface area contributed by atoms with Gasteiger partial charge < -0.3 is 9.62 Å². The SMILES string of the molecule is CC(c1ccoc1)N1C(=N)CCC(N)=[N+]1[O-]. The summed E-state index contributed by atoms with van der Waals surface area (Å²) in [5.41, 5.74) is 6.44. The Bertz CT molecular complexity index is 424. The summed E-state index contributed by atoms with van der Waals surface area (Å²) >= 11 is 0. The van der Waals surface area contributed by atoms with Crippen molar-refractivity contribution in [2.45, 2.75) is 25.8 Å². The number of furan rings is 1. The van der Waals surface area contributed by atoms with Crippen LogP contribution in [0.4, 0.5) is 0 Å². The van der Waals surface area contributed by atoms with Crippen LogP contribution < -0.4 is 5.73 Å². The van der Waals surface area contributed by atoms with E-state index in [1.165, 1.54) is 5.01 Å². The minimum atomic E-state index is -0.248. The molecule has 1 aliphatic heterocycles. The number of nitrogens with zero attached hydrogens (tertiary/aromatic N) is 2. The molecule has 2 rings (SSSR count). The Hall–Kier alpha value is -1.98. The maximum atomic E-state index is 11.8. The largest absolute Gasteiger partial charge is 0.692 e. The number of hydrazone groups is 1. The first-order valence-electron chi connectivity index (χ1n) is 5.08. The van der Waals surface area contributed by atoms with Gasteiger partial charge in [-0.25, -0.2) is 0 Å². The average molecular weight is 222 g/mol. The molecule has 0 radical (unpaired) electrons. The lowest BCUT2D eigenvalue weighted by Gasteiger charge is -2.35. The minimum Gasteiger partial charge on any atom is -0.692 e. The van der Waals surface area contributed by atoms with E-state index in [2.05, 4.69) is 0 Å². The smallest absolute Gasteiger partial charge is 0.270 e. The van der Waals surface area contributed by atoms with Gasteiger partial charge in [0.25, 0.3) is 5.84 Å². The molecule has 1 aromatic rings. The van der Waals surface area contributed by atoms with Crippen LogP contribution in [0.3, 0.4) is 0 Å². The molecule has 1 atom stereocenters. The number of amidine groups is 2. The van der Waals surface area contributed by atoms with Gasteiger partial charge in [-0.15, -0.1) is 0 Å². The highest BCUT2D eigenvalue weighted by Gasteiger charge is 2.28. The molecule has 1 aromatic heterocycles. The van der Waals surface area contributed by atoms with Gasteiger partial charge in [0.05, 0.1) is 25.0 Å². The zero-order chi connectivity index (χ0) is 11.7. The topological polar surface area (TPSA) is 92.3 Å². The van der Waals surface area contributed by atoms with Crippen molar-refractivity contribution in [2.24, 2.45) is 5.73 Å². The monoisotopic (exact) mass is 222 g/mol. The highest BCUT2D eigenvalue weighted by Crippen LogP contribution is 2.23. The van der Waals surface area contributed by atoms with E-state index in [1.54, 1.807) is 18.6 Å². The van der Waals surface area contributed by atoms with Crippen LogP contribution >= 0.6 is 0 Å². The van der Waals surface area contributed by atoms with Gasteiger partial charge in [-0.2, -0.15) is 9.86 Å². The fraction of sp³-hybridized carbons (Fsp3) is 0.400. The third kappa shape index (κ3) is 1.62. The van der Waals surface area contributed by atoms with Crippen LogP contribution in [0.15, 0.2) is 23.0 Å². The van der Waals surface area contributed by atoms with Gasteiger partial charge >= 0.3 is 0 Å². The summed E-state index contributed by atoms with van der Waals surface area (Å²) in [4.78, 5) is 0.601. The average Bonchev–Trinajstić information content (AvgIpc) is 2.77. The van der Waals surface area contributed by atoms with Crippen LogP contribution in [0.25, 0.3) is 0 Å². The maximum absolute atomic E-state index is 11.8.